The number of aryl methyl sites for hydroxylation is 2. The lowest BCUT2D eigenvalue weighted by atomic mass is 10.1. The molecule has 0 aliphatic carbocycles. The number of anilines is 1. The van der Waals surface area contributed by atoms with Crippen LogP contribution >= 0.6 is 0 Å². The van der Waals surface area contributed by atoms with Gasteiger partial charge in [-0.25, -0.2) is 4.39 Å². The van der Waals surface area contributed by atoms with Crippen LogP contribution in [0.3, 0.4) is 0 Å². The molecule has 1 amide bonds. The molecule has 0 aliphatic heterocycles. The number of hydrogen-bond acceptors (Lipinski definition) is 3. The van der Waals surface area contributed by atoms with Crippen molar-refractivity contribution in [2.24, 2.45) is 0 Å². The lowest BCUT2D eigenvalue weighted by Crippen LogP contribution is -2.13. The summed E-state index contributed by atoms with van der Waals surface area (Å²) in [5.41, 5.74) is 2.08. The van der Waals surface area contributed by atoms with Crippen LogP contribution in [0.25, 0.3) is 11.3 Å². The summed E-state index contributed by atoms with van der Waals surface area (Å²) in [6.45, 7) is 1.95. The Bertz CT molecular complexity index is 917. The minimum Gasteiger partial charge on any atom is -0.495 e. The number of nitrogens with one attached hydrogen (secondary N) is 1. The number of carbonyl (C=O) groups is 1. The molecule has 0 spiro atoms. The summed E-state index contributed by atoms with van der Waals surface area (Å²) in [5.74, 6) is 1.23. The average Bonchev–Trinajstić information content (AvgIpc) is 3.09. The maximum Gasteiger partial charge on any atom is 0.224 e. The van der Waals surface area contributed by atoms with E-state index in [1.807, 2.05) is 25.1 Å². The summed E-state index contributed by atoms with van der Waals surface area (Å²) in [6.07, 6.45) is 0.676. The summed E-state index contributed by atoms with van der Waals surface area (Å²) in [5, 5.41) is 2.85. The number of methoxy groups -OCH3 is 1. The highest BCUT2D eigenvalue weighted by Crippen LogP contribution is 2.27. The first-order valence-electron chi connectivity index (χ1n) is 8.35. The third kappa shape index (κ3) is 4.11. The molecule has 0 bridgehead atoms. The van der Waals surface area contributed by atoms with Gasteiger partial charge in [0.2, 0.25) is 5.91 Å². The van der Waals surface area contributed by atoms with Crippen LogP contribution < -0.4 is 10.1 Å². The molecule has 4 nitrogen and oxygen atoms in total. The van der Waals surface area contributed by atoms with Gasteiger partial charge in [-0.05, 0) is 48.9 Å². The minimum absolute atomic E-state index is 0.141. The zero-order chi connectivity index (χ0) is 18.5. The van der Waals surface area contributed by atoms with E-state index in [1.54, 1.807) is 37.4 Å². The van der Waals surface area contributed by atoms with E-state index in [4.69, 9.17) is 9.15 Å². The Labute approximate surface area is 151 Å². The van der Waals surface area contributed by atoms with Gasteiger partial charge in [0.05, 0.1) is 18.4 Å². The molecule has 134 valence electrons. The number of hydrogen-bond donors (Lipinski definition) is 1. The molecular weight excluding hydrogens is 333 g/mol. The summed E-state index contributed by atoms with van der Waals surface area (Å²) in [6, 6.07) is 15.5. The molecule has 3 aromatic rings. The first kappa shape index (κ1) is 17.7. The number of halogens is 1. The van der Waals surface area contributed by atoms with Crippen LogP contribution in [0, 0.1) is 12.7 Å². The van der Waals surface area contributed by atoms with E-state index in [9.17, 15) is 9.18 Å². The molecule has 2 aromatic carbocycles. The second-order valence-electron chi connectivity index (χ2n) is 6.00. The largest absolute Gasteiger partial charge is 0.495 e. The van der Waals surface area contributed by atoms with E-state index in [0.717, 1.165) is 5.56 Å². The van der Waals surface area contributed by atoms with Crippen LogP contribution in [-0.2, 0) is 11.2 Å². The topological polar surface area (TPSA) is 51.5 Å². The first-order chi connectivity index (χ1) is 12.6. The standard InChI is InChI=1S/C21H20FNO3/c1-14-7-10-20(25-2)18(13-14)23-21(24)12-9-15-8-11-19(26-15)16-5-3-4-6-17(16)22/h3-8,10-11,13H,9,12H2,1-2H3,(H,23,24). The van der Waals surface area contributed by atoms with Crippen molar-refractivity contribution in [1.29, 1.82) is 0 Å². The predicted molar refractivity (Wildman–Crippen MR) is 98.8 cm³/mol. The fourth-order valence-electron chi connectivity index (χ4n) is 2.69. The third-order valence-corrected chi connectivity index (χ3v) is 4.03. The number of benzene rings is 2. The molecule has 5 heteroatoms. The van der Waals surface area contributed by atoms with Gasteiger partial charge in [0, 0.05) is 12.8 Å². The number of carbonyl (C=O) groups excluding carboxylic acids is 1. The molecule has 0 saturated carbocycles. The number of furan rings is 1. The van der Waals surface area contributed by atoms with Crippen molar-refractivity contribution in [3.8, 4) is 17.1 Å². The van der Waals surface area contributed by atoms with Crippen molar-refractivity contribution < 1.29 is 18.3 Å². The van der Waals surface area contributed by atoms with Gasteiger partial charge in [-0.15, -0.1) is 0 Å². The Morgan fingerprint density at radius 1 is 1.15 bits per heavy atom. The molecule has 1 N–H and O–H groups in total. The van der Waals surface area contributed by atoms with E-state index < -0.39 is 0 Å². The summed E-state index contributed by atoms with van der Waals surface area (Å²) in [4.78, 5) is 12.2. The second-order valence-corrected chi connectivity index (χ2v) is 6.00. The van der Waals surface area contributed by atoms with Gasteiger partial charge in [-0.3, -0.25) is 4.79 Å². The van der Waals surface area contributed by atoms with Crippen molar-refractivity contribution in [3.63, 3.8) is 0 Å². The molecule has 26 heavy (non-hydrogen) atoms. The Hall–Kier alpha value is -3.08. The predicted octanol–water partition coefficient (Wildman–Crippen LogP) is 4.97. The summed E-state index contributed by atoms with van der Waals surface area (Å²) in [7, 11) is 1.56. The van der Waals surface area contributed by atoms with Crippen molar-refractivity contribution >= 4 is 11.6 Å². The molecule has 3 rings (SSSR count). The van der Waals surface area contributed by atoms with Crippen LogP contribution in [0.4, 0.5) is 10.1 Å². The highest BCUT2D eigenvalue weighted by molar-refractivity contribution is 5.92. The zero-order valence-electron chi connectivity index (χ0n) is 14.7. The fraction of sp³-hybridized carbons (Fsp3) is 0.190. The summed E-state index contributed by atoms with van der Waals surface area (Å²) < 4.78 is 24.7. The summed E-state index contributed by atoms with van der Waals surface area (Å²) >= 11 is 0. The molecule has 0 radical (unpaired) electrons. The Morgan fingerprint density at radius 2 is 1.96 bits per heavy atom. The zero-order valence-corrected chi connectivity index (χ0v) is 14.7. The Morgan fingerprint density at radius 3 is 2.73 bits per heavy atom. The maximum absolute atomic E-state index is 13.8. The normalized spacial score (nSPS) is 10.6. The molecule has 0 saturated heterocycles. The van der Waals surface area contributed by atoms with Crippen LogP contribution in [0.15, 0.2) is 59.0 Å². The second kappa shape index (κ2) is 7.87. The maximum atomic E-state index is 13.8. The van der Waals surface area contributed by atoms with Gasteiger partial charge in [-0.1, -0.05) is 18.2 Å². The van der Waals surface area contributed by atoms with Crippen molar-refractivity contribution in [3.05, 3.63) is 71.7 Å². The van der Waals surface area contributed by atoms with Crippen molar-refractivity contribution in [2.45, 2.75) is 19.8 Å². The van der Waals surface area contributed by atoms with Gasteiger partial charge < -0.3 is 14.5 Å². The van der Waals surface area contributed by atoms with Crippen molar-refractivity contribution in [1.82, 2.24) is 0 Å². The van der Waals surface area contributed by atoms with E-state index in [0.29, 0.717) is 34.9 Å². The highest BCUT2D eigenvalue weighted by Gasteiger charge is 2.12. The Kier molecular flexibility index (Phi) is 5.37. The van der Waals surface area contributed by atoms with Gasteiger partial charge in [0.15, 0.2) is 0 Å². The van der Waals surface area contributed by atoms with Crippen molar-refractivity contribution in [2.75, 3.05) is 12.4 Å². The van der Waals surface area contributed by atoms with Gasteiger partial charge in [0.1, 0.15) is 23.1 Å². The van der Waals surface area contributed by atoms with Crippen LogP contribution in [0.1, 0.15) is 17.7 Å². The molecule has 0 atom stereocenters. The third-order valence-electron chi connectivity index (χ3n) is 4.03. The van der Waals surface area contributed by atoms with Gasteiger partial charge in [0.25, 0.3) is 0 Å². The van der Waals surface area contributed by atoms with Crippen LogP contribution in [0.2, 0.25) is 0 Å². The fourth-order valence-corrected chi connectivity index (χ4v) is 2.69. The Balaban J connectivity index is 1.62. The molecule has 1 heterocycles. The minimum atomic E-state index is -0.335. The lowest BCUT2D eigenvalue weighted by molar-refractivity contribution is -0.116. The molecule has 1 aromatic heterocycles. The van der Waals surface area contributed by atoms with E-state index in [2.05, 4.69) is 5.32 Å². The van der Waals surface area contributed by atoms with Gasteiger partial charge in [-0.2, -0.15) is 0 Å². The smallest absolute Gasteiger partial charge is 0.224 e. The molecule has 0 aliphatic rings. The molecular formula is C21H20FNO3. The SMILES string of the molecule is COc1ccc(C)cc1NC(=O)CCc1ccc(-c2ccccc2F)o1. The van der Waals surface area contributed by atoms with Crippen LogP contribution in [0.5, 0.6) is 5.75 Å². The lowest BCUT2D eigenvalue weighted by Gasteiger charge is -2.10. The van der Waals surface area contributed by atoms with E-state index >= 15 is 0 Å². The van der Waals surface area contributed by atoms with E-state index in [-0.39, 0.29) is 18.1 Å². The first-order valence-corrected chi connectivity index (χ1v) is 8.35. The average molecular weight is 353 g/mol. The number of rotatable bonds is 6. The van der Waals surface area contributed by atoms with E-state index in [1.165, 1.54) is 6.07 Å². The van der Waals surface area contributed by atoms with Crippen LogP contribution in [-0.4, -0.2) is 13.0 Å². The molecule has 0 fully saturated rings. The van der Waals surface area contributed by atoms with Gasteiger partial charge >= 0.3 is 0 Å². The highest BCUT2D eigenvalue weighted by atomic mass is 19.1. The monoisotopic (exact) mass is 353 g/mol. The number of ether oxygens (including phenoxy) is 1. The molecule has 0 unspecified atom stereocenters. The number of amides is 1. The quantitative estimate of drug-likeness (QED) is 0.680.